The van der Waals surface area contributed by atoms with Crippen molar-refractivity contribution in [1.29, 1.82) is 0 Å². The minimum Gasteiger partial charge on any atom is -0.207 e. The summed E-state index contributed by atoms with van der Waals surface area (Å²) in [5.74, 6) is 0. The molecule has 0 heterocycles. The number of hydrogen-bond acceptors (Lipinski definition) is 3. The lowest BCUT2D eigenvalue weighted by Crippen LogP contribution is -2.51. The molecule has 1 aromatic carbocycles. The van der Waals surface area contributed by atoms with E-state index in [2.05, 4.69) is 14.7 Å². The summed E-state index contributed by atoms with van der Waals surface area (Å²) in [4.78, 5) is 3.03. The first-order valence-corrected chi connectivity index (χ1v) is 8.57. The van der Waals surface area contributed by atoms with E-state index in [-0.39, 0.29) is 11.4 Å². The van der Waals surface area contributed by atoms with E-state index in [0.717, 1.165) is 24.8 Å². The monoisotopic (exact) mass is 308 g/mol. The third kappa shape index (κ3) is 3.97. The highest BCUT2D eigenvalue weighted by Crippen LogP contribution is 2.30. The van der Waals surface area contributed by atoms with Crippen LogP contribution in [0.15, 0.2) is 34.3 Å². The van der Waals surface area contributed by atoms with Gasteiger partial charge in [-0.1, -0.05) is 42.1 Å². The largest absolute Gasteiger partial charge is 0.241 e. The topological polar surface area (TPSA) is 94.9 Å². The van der Waals surface area contributed by atoms with Crippen LogP contribution in [0.3, 0.4) is 0 Å². The molecule has 1 aromatic rings. The number of hydrogen-bond donors (Lipinski definition) is 1. The molecule has 0 radical (unpaired) electrons. The molecule has 2 rings (SSSR count). The number of nitrogens with one attached hydrogen (secondary N) is 1. The second-order valence-corrected chi connectivity index (χ2v) is 7.33. The second-order valence-electron chi connectivity index (χ2n) is 5.65. The van der Waals surface area contributed by atoms with E-state index < -0.39 is 15.6 Å². The summed E-state index contributed by atoms with van der Waals surface area (Å²) in [6, 6.07) is 6.74. The van der Waals surface area contributed by atoms with E-state index >= 15 is 0 Å². The minimum absolute atomic E-state index is 0.161. The molecule has 0 aromatic heterocycles. The molecule has 1 aliphatic carbocycles. The maximum atomic E-state index is 12.5. The Hall–Kier alpha value is -1.56. The van der Waals surface area contributed by atoms with Crippen molar-refractivity contribution < 1.29 is 8.42 Å². The van der Waals surface area contributed by atoms with Gasteiger partial charge in [-0.05, 0) is 37.4 Å². The van der Waals surface area contributed by atoms with E-state index in [4.69, 9.17) is 5.53 Å². The molecule has 1 fully saturated rings. The lowest BCUT2D eigenvalue weighted by Gasteiger charge is -2.36. The van der Waals surface area contributed by atoms with E-state index in [1.807, 2.05) is 6.92 Å². The third-order valence-corrected chi connectivity index (χ3v) is 5.52. The van der Waals surface area contributed by atoms with Crippen LogP contribution in [-0.4, -0.2) is 20.5 Å². The first kappa shape index (κ1) is 15.8. The number of azide groups is 1. The Morgan fingerprint density at radius 3 is 2.43 bits per heavy atom. The fourth-order valence-corrected chi connectivity index (χ4v) is 4.20. The summed E-state index contributed by atoms with van der Waals surface area (Å²) in [7, 11) is -3.60. The number of sulfonamides is 1. The van der Waals surface area contributed by atoms with Crippen molar-refractivity contribution in [2.45, 2.75) is 49.5 Å². The number of rotatable bonds is 5. The van der Waals surface area contributed by atoms with Crippen LogP contribution in [0.4, 0.5) is 0 Å². The second kappa shape index (κ2) is 6.47. The van der Waals surface area contributed by atoms with Gasteiger partial charge in [0.2, 0.25) is 10.0 Å². The lowest BCUT2D eigenvalue weighted by atomic mass is 9.83. The highest BCUT2D eigenvalue weighted by atomic mass is 32.2. The summed E-state index contributed by atoms with van der Waals surface area (Å²) in [5.41, 5.74) is 8.90. The van der Waals surface area contributed by atoms with Gasteiger partial charge in [-0.25, -0.2) is 13.1 Å². The van der Waals surface area contributed by atoms with Crippen molar-refractivity contribution in [2.75, 3.05) is 6.54 Å². The molecular formula is C14H20N4O2S. The highest BCUT2D eigenvalue weighted by molar-refractivity contribution is 7.89. The lowest BCUT2D eigenvalue weighted by molar-refractivity contribution is 0.276. The molecule has 7 heteroatoms. The predicted molar refractivity (Wildman–Crippen MR) is 81.3 cm³/mol. The van der Waals surface area contributed by atoms with Crippen molar-refractivity contribution in [3.63, 3.8) is 0 Å². The summed E-state index contributed by atoms with van der Waals surface area (Å²) >= 11 is 0. The molecule has 1 N–H and O–H groups in total. The molecule has 21 heavy (non-hydrogen) atoms. The molecule has 0 spiro atoms. The first-order valence-electron chi connectivity index (χ1n) is 7.09. The van der Waals surface area contributed by atoms with Crippen molar-refractivity contribution in [2.24, 2.45) is 5.11 Å². The van der Waals surface area contributed by atoms with Gasteiger partial charge in [0.05, 0.1) is 4.90 Å². The summed E-state index contributed by atoms with van der Waals surface area (Å²) in [5, 5.41) is 3.61. The molecule has 114 valence electrons. The first-order chi connectivity index (χ1) is 9.97. The highest BCUT2D eigenvalue weighted by Gasteiger charge is 2.35. The zero-order valence-electron chi connectivity index (χ0n) is 12.1. The van der Waals surface area contributed by atoms with Crippen LogP contribution in [0, 0.1) is 6.92 Å². The normalized spacial score (nSPS) is 18.0. The Kier molecular flexibility index (Phi) is 4.88. The molecule has 1 saturated carbocycles. The summed E-state index contributed by atoms with van der Waals surface area (Å²) < 4.78 is 27.9. The van der Waals surface area contributed by atoms with Crippen molar-refractivity contribution in [3.8, 4) is 0 Å². The minimum atomic E-state index is -3.60. The zero-order chi connectivity index (χ0) is 15.3. The Morgan fingerprint density at radius 2 is 1.86 bits per heavy atom. The predicted octanol–water partition coefficient (Wildman–Crippen LogP) is 3.29. The molecule has 0 aliphatic heterocycles. The van der Waals surface area contributed by atoms with Gasteiger partial charge >= 0.3 is 0 Å². The average Bonchev–Trinajstić information content (AvgIpc) is 2.46. The molecule has 0 amide bonds. The maximum Gasteiger partial charge on any atom is 0.241 e. The van der Waals surface area contributed by atoms with Gasteiger partial charge in [0.15, 0.2) is 0 Å². The van der Waals surface area contributed by atoms with Crippen LogP contribution in [0.2, 0.25) is 0 Å². The molecule has 6 nitrogen and oxygen atoms in total. The van der Waals surface area contributed by atoms with Gasteiger partial charge in [0.25, 0.3) is 0 Å². The smallest absolute Gasteiger partial charge is 0.207 e. The van der Waals surface area contributed by atoms with Crippen LogP contribution < -0.4 is 4.72 Å². The number of benzene rings is 1. The van der Waals surface area contributed by atoms with Crippen molar-refractivity contribution in [3.05, 3.63) is 40.3 Å². The fraction of sp³-hybridized carbons (Fsp3) is 0.571. The maximum absolute atomic E-state index is 12.5. The summed E-state index contributed by atoms with van der Waals surface area (Å²) in [6.07, 6.45) is 4.38. The van der Waals surface area contributed by atoms with Crippen LogP contribution >= 0.6 is 0 Å². The van der Waals surface area contributed by atoms with Crippen LogP contribution in [0.25, 0.3) is 10.4 Å². The Labute approximate surface area is 125 Å². The van der Waals surface area contributed by atoms with Gasteiger partial charge in [-0.2, -0.15) is 0 Å². The van der Waals surface area contributed by atoms with E-state index in [9.17, 15) is 8.42 Å². The third-order valence-electron chi connectivity index (χ3n) is 3.93. The van der Waals surface area contributed by atoms with Gasteiger partial charge in [-0.15, -0.1) is 0 Å². The molecule has 0 saturated heterocycles. The van der Waals surface area contributed by atoms with E-state index in [1.165, 1.54) is 0 Å². The average molecular weight is 308 g/mol. The number of aryl methyl sites for hydroxylation is 1. The van der Waals surface area contributed by atoms with Crippen molar-refractivity contribution >= 4 is 10.0 Å². The van der Waals surface area contributed by atoms with Gasteiger partial charge in [0, 0.05) is 17.0 Å². The molecular weight excluding hydrogens is 288 g/mol. The molecule has 0 unspecified atom stereocenters. The van der Waals surface area contributed by atoms with E-state index in [1.54, 1.807) is 24.3 Å². The zero-order valence-corrected chi connectivity index (χ0v) is 12.9. The molecule has 0 bridgehead atoms. The standard InChI is InChI=1S/C14H20N4O2S/c1-12-5-7-13(8-6-12)21(19,20)17-14(11-16-18-15)9-3-2-4-10-14/h5-8,17H,2-4,9-11H2,1H3. The molecule has 0 atom stereocenters. The SMILES string of the molecule is Cc1ccc(S(=O)(=O)NC2(CN=[N+]=[N-])CCCCC2)cc1. The van der Waals surface area contributed by atoms with E-state index in [0.29, 0.717) is 12.8 Å². The van der Waals surface area contributed by atoms with Crippen LogP contribution in [0.5, 0.6) is 0 Å². The molecule has 1 aliphatic rings. The number of nitrogens with zero attached hydrogens (tertiary/aromatic N) is 3. The van der Waals surface area contributed by atoms with Crippen molar-refractivity contribution in [1.82, 2.24) is 4.72 Å². The van der Waals surface area contributed by atoms with Gasteiger partial charge in [0.1, 0.15) is 0 Å². The van der Waals surface area contributed by atoms with Crippen LogP contribution in [-0.2, 0) is 10.0 Å². The van der Waals surface area contributed by atoms with Gasteiger partial charge in [-0.3, -0.25) is 0 Å². The Balaban J connectivity index is 2.26. The fourth-order valence-electron chi connectivity index (χ4n) is 2.75. The summed E-state index contributed by atoms with van der Waals surface area (Å²) in [6.45, 7) is 2.07. The Bertz CT molecular complexity index is 627. The van der Waals surface area contributed by atoms with Crippen LogP contribution in [0.1, 0.15) is 37.7 Å². The van der Waals surface area contributed by atoms with Gasteiger partial charge < -0.3 is 0 Å². The quantitative estimate of drug-likeness (QED) is 0.513. The Morgan fingerprint density at radius 1 is 1.24 bits per heavy atom.